The zero-order chi connectivity index (χ0) is 16.2. The molecule has 2 aromatic heterocycles. The Morgan fingerprint density at radius 1 is 1.17 bits per heavy atom. The summed E-state index contributed by atoms with van der Waals surface area (Å²) in [7, 11) is 4.12. The molecule has 0 amide bonds. The lowest BCUT2D eigenvalue weighted by atomic mass is 10.1. The predicted octanol–water partition coefficient (Wildman–Crippen LogP) is 4.48. The highest BCUT2D eigenvalue weighted by Crippen LogP contribution is 2.31. The number of ether oxygens (including phenoxy) is 1. The molecule has 0 atom stereocenters. The Labute approximate surface area is 140 Å². The summed E-state index contributed by atoms with van der Waals surface area (Å²) in [4.78, 5) is 6.41. The number of pyridine rings is 1. The summed E-state index contributed by atoms with van der Waals surface area (Å²) in [5, 5.41) is 0.571. The number of furan rings is 1. The number of halogens is 1. The number of hydrogen-bond acceptors (Lipinski definition) is 4. The molecule has 0 radical (unpaired) electrons. The van der Waals surface area contributed by atoms with Crippen molar-refractivity contribution in [2.45, 2.75) is 6.42 Å². The minimum absolute atomic E-state index is 0.571. The summed E-state index contributed by atoms with van der Waals surface area (Å²) in [6.07, 6.45) is 2.68. The van der Waals surface area contributed by atoms with Crippen molar-refractivity contribution >= 4 is 22.7 Å². The molecule has 0 unspecified atom stereocenters. The van der Waals surface area contributed by atoms with Gasteiger partial charge in [0.05, 0.1) is 11.6 Å². The summed E-state index contributed by atoms with van der Waals surface area (Å²) in [5.74, 6) is 1.61. The average molecular weight is 331 g/mol. The van der Waals surface area contributed by atoms with Crippen LogP contribution in [0.15, 0.2) is 47.0 Å². The van der Waals surface area contributed by atoms with Gasteiger partial charge in [-0.15, -0.1) is 0 Å². The number of aromatic nitrogens is 1. The van der Waals surface area contributed by atoms with Crippen LogP contribution in [0, 0.1) is 0 Å². The fourth-order valence-electron chi connectivity index (χ4n) is 2.34. The molecule has 0 aliphatic rings. The molecule has 0 spiro atoms. The van der Waals surface area contributed by atoms with E-state index in [2.05, 4.69) is 24.0 Å². The molecule has 0 N–H and O–H groups in total. The van der Waals surface area contributed by atoms with Gasteiger partial charge in [-0.25, -0.2) is 0 Å². The molecule has 3 rings (SSSR count). The van der Waals surface area contributed by atoms with Crippen molar-refractivity contribution < 1.29 is 9.15 Å². The molecule has 0 aliphatic carbocycles. The molecule has 1 aromatic carbocycles. The van der Waals surface area contributed by atoms with Crippen LogP contribution in [0.1, 0.15) is 6.42 Å². The standard InChI is InChI=1S/C18H19ClN2O2/c1-21(2)10-3-11-22-14-6-4-13(5-7-14)17-12-16-18(23-17)15(19)8-9-20-16/h4-9,12H,3,10-11H2,1-2H3. The first-order valence-electron chi connectivity index (χ1n) is 7.55. The van der Waals surface area contributed by atoms with Crippen molar-refractivity contribution in [3.05, 3.63) is 47.6 Å². The van der Waals surface area contributed by atoms with Crippen molar-refractivity contribution in [3.8, 4) is 17.1 Å². The zero-order valence-corrected chi connectivity index (χ0v) is 14.0. The maximum atomic E-state index is 6.12. The number of nitrogens with zero attached hydrogens (tertiary/aromatic N) is 2. The lowest BCUT2D eigenvalue weighted by Gasteiger charge is -2.10. The molecular weight excluding hydrogens is 312 g/mol. The van der Waals surface area contributed by atoms with Gasteiger partial charge in [0, 0.05) is 24.4 Å². The Morgan fingerprint density at radius 2 is 1.96 bits per heavy atom. The summed E-state index contributed by atoms with van der Waals surface area (Å²) in [5.41, 5.74) is 2.35. The molecule has 0 bridgehead atoms. The third kappa shape index (κ3) is 3.84. The van der Waals surface area contributed by atoms with Crippen LogP contribution in [-0.4, -0.2) is 37.1 Å². The van der Waals surface area contributed by atoms with Gasteiger partial charge in [-0.1, -0.05) is 11.6 Å². The van der Waals surface area contributed by atoms with Crippen LogP contribution in [-0.2, 0) is 0 Å². The van der Waals surface area contributed by atoms with Gasteiger partial charge in [-0.05, 0) is 50.8 Å². The van der Waals surface area contributed by atoms with Crippen molar-refractivity contribution in [2.24, 2.45) is 0 Å². The molecule has 0 fully saturated rings. The number of benzene rings is 1. The van der Waals surface area contributed by atoms with Crippen LogP contribution in [0.5, 0.6) is 5.75 Å². The highest BCUT2D eigenvalue weighted by atomic mass is 35.5. The Morgan fingerprint density at radius 3 is 2.65 bits per heavy atom. The lowest BCUT2D eigenvalue weighted by molar-refractivity contribution is 0.281. The molecule has 120 valence electrons. The van der Waals surface area contributed by atoms with E-state index in [4.69, 9.17) is 20.8 Å². The van der Waals surface area contributed by atoms with E-state index in [-0.39, 0.29) is 0 Å². The van der Waals surface area contributed by atoms with Crippen LogP contribution >= 0.6 is 11.6 Å². The quantitative estimate of drug-likeness (QED) is 0.625. The first-order valence-corrected chi connectivity index (χ1v) is 7.93. The second-order valence-electron chi connectivity index (χ2n) is 5.65. The average Bonchev–Trinajstić information content (AvgIpc) is 2.98. The largest absolute Gasteiger partial charge is 0.494 e. The van der Waals surface area contributed by atoms with E-state index in [9.17, 15) is 0 Å². The van der Waals surface area contributed by atoms with Crippen molar-refractivity contribution in [1.29, 1.82) is 0 Å². The van der Waals surface area contributed by atoms with Gasteiger partial charge in [0.1, 0.15) is 17.0 Å². The van der Waals surface area contributed by atoms with E-state index >= 15 is 0 Å². The molecule has 0 saturated carbocycles. The molecular formula is C18H19ClN2O2. The van der Waals surface area contributed by atoms with E-state index < -0.39 is 0 Å². The number of fused-ring (bicyclic) bond motifs is 1. The van der Waals surface area contributed by atoms with Gasteiger partial charge in [0.25, 0.3) is 0 Å². The molecule has 23 heavy (non-hydrogen) atoms. The minimum atomic E-state index is 0.571. The van der Waals surface area contributed by atoms with Crippen molar-refractivity contribution in [1.82, 2.24) is 9.88 Å². The fraction of sp³-hybridized carbons (Fsp3) is 0.278. The molecule has 5 heteroatoms. The van der Waals surface area contributed by atoms with Crippen molar-refractivity contribution in [2.75, 3.05) is 27.2 Å². The summed E-state index contributed by atoms with van der Waals surface area (Å²) < 4.78 is 11.5. The highest BCUT2D eigenvalue weighted by molar-refractivity contribution is 6.34. The highest BCUT2D eigenvalue weighted by Gasteiger charge is 2.10. The first-order chi connectivity index (χ1) is 11.1. The molecule has 4 nitrogen and oxygen atoms in total. The molecule has 2 heterocycles. The van der Waals surface area contributed by atoms with E-state index in [0.29, 0.717) is 17.2 Å². The SMILES string of the molecule is CN(C)CCCOc1ccc(-c2cc3nccc(Cl)c3o2)cc1. The van der Waals surface area contributed by atoms with Gasteiger partial charge >= 0.3 is 0 Å². The number of hydrogen-bond donors (Lipinski definition) is 0. The third-order valence-electron chi connectivity index (χ3n) is 3.52. The Hall–Kier alpha value is -2.04. The molecule has 3 aromatic rings. The first kappa shape index (κ1) is 15.8. The Kier molecular flexibility index (Phi) is 4.84. The molecule has 0 saturated heterocycles. The molecule has 0 aliphatic heterocycles. The second kappa shape index (κ2) is 7.02. The maximum Gasteiger partial charge on any atom is 0.171 e. The van der Waals surface area contributed by atoms with E-state index in [1.54, 1.807) is 12.3 Å². The Balaban J connectivity index is 1.69. The smallest absolute Gasteiger partial charge is 0.171 e. The normalized spacial score (nSPS) is 11.3. The summed E-state index contributed by atoms with van der Waals surface area (Å²) in [6, 6.07) is 11.5. The number of rotatable bonds is 6. The van der Waals surface area contributed by atoms with Gasteiger partial charge < -0.3 is 14.1 Å². The van der Waals surface area contributed by atoms with Crippen LogP contribution in [0.4, 0.5) is 0 Å². The fourth-order valence-corrected chi connectivity index (χ4v) is 2.53. The van der Waals surface area contributed by atoms with E-state index in [1.165, 1.54) is 0 Å². The third-order valence-corrected chi connectivity index (χ3v) is 3.82. The van der Waals surface area contributed by atoms with Gasteiger partial charge in [-0.3, -0.25) is 4.98 Å². The van der Waals surface area contributed by atoms with Crippen molar-refractivity contribution in [3.63, 3.8) is 0 Å². The van der Waals surface area contributed by atoms with Crippen LogP contribution < -0.4 is 4.74 Å². The van der Waals surface area contributed by atoms with Crippen LogP contribution in [0.3, 0.4) is 0 Å². The predicted molar refractivity (Wildman–Crippen MR) is 93.1 cm³/mol. The van der Waals surface area contributed by atoms with Gasteiger partial charge in [-0.2, -0.15) is 0 Å². The van der Waals surface area contributed by atoms with Crippen LogP contribution in [0.25, 0.3) is 22.4 Å². The van der Waals surface area contributed by atoms with E-state index in [1.807, 2.05) is 30.3 Å². The zero-order valence-electron chi connectivity index (χ0n) is 13.3. The van der Waals surface area contributed by atoms with Gasteiger partial charge in [0.2, 0.25) is 0 Å². The maximum absolute atomic E-state index is 6.12. The lowest BCUT2D eigenvalue weighted by Crippen LogP contribution is -2.15. The topological polar surface area (TPSA) is 38.5 Å². The van der Waals surface area contributed by atoms with Gasteiger partial charge in [0.15, 0.2) is 5.58 Å². The Bertz CT molecular complexity index is 781. The summed E-state index contributed by atoms with van der Waals surface area (Å²) >= 11 is 6.12. The van der Waals surface area contributed by atoms with Crippen LogP contribution in [0.2, 0.25) is 5.02 Å². The summed E-state index contributed by atoms with van der Waals surface area (Å²) in [6.45, 7) is 1.73. The second-order valence-corrected chi connectivity index (χ2v) is 6.05. The monoisotopic (exact) mass is 330 g/mol. The van der Waals surface area contributed by atoms with E-state index in [0.717, 1.165) is 35.6 Å². The minimum Gasteiger partial charge on any atom is -0.494 e.